The lowest BCUT2D eigenvalue weighted by molar-refractivity contribution is -0.149. The number of methoxy groups -OCH3 is 1. The summed E-state index contributed by atoms with van der Waals surface area (Å²) in [6.07, 6.45) is 0.367. The highest BCUT2D eigenvalue weighted by atomic mass is 16.7. The van der Waals surface area contributed by atoms with Crippen LogP contribution in [0.3, 0.4) is 0 Å². The van der Waals surface area contributed by atoms with E-state index < -0.39 is 24.1 Å². The van der Waals surface area contributed by atoms with Gasteiger partial charge in [-0.1, -0.05) is 13.8 Å². The standard InChI is InChI=1S/C20H30N2O6/c1-5-13-10-15(11-14(6-2)18(13)27-3)19(24)22(28-4)16-12-21(20(25)26)9-7-8-17(16)23/h10-11,16-17,23H,5-9,12H2,1-4H3,(H,25,26)/t16-,17-/m1/s1. The minimum atomic E-state index is -1.08. The fraction of sp³-hybridized carbons (Fsp3) is 0.600. The average Bonchev–Trinajstić information content (AvgIpc) is 2.89. The van der Waals surface area contributed by atoms with Gasteiger partial charge in [-0.3, -0.25) is 9.63 Å². The highest BCUT2D eigenvalue weighted by molar-refractivity contribution is 5.94. The molecule has 1 aliphatic rings. The summed E-state index contributed by atoms with van der Waals surface area (Å²) in [6, 6.07) is 2.75. The van der Waals surface area contributed by atoms with Crippen molar-refractivity contribution < 1.29 is 29.4 Å². The van der Waals surface area contributed by atoms with Crippen LogP contribution >= 0.6 is 0 Å². The van der Waals surface area contributed by atoms with Gasteiger partial charge in [0.2, 0.25) is 0 Å². The van der Waals surface area contributed by atoms with Crippen LogP contribution in [0.1, 0.15) is 48.2 Å². The quantitative estimate of drug-likeness (QED) is 0.719. The van der Waals surface area contributed by atoms with E-state index in [-0.39, 0.29) is 6.54 Å². The van der Waals surface area contributed by atoms with Gasteiger partial charge in [0.05, 0.1) is 20.3 Å². The number of carboxylic acid groups (broad SMARTS) is 1. The number of likely N-dealkylation sites (tertiary alicyclic amines) is 1. The van der Waals surface area contributed by atoms with Crippen LogP contribution in [0.2, 0.25) is 0 Å². The first-order chi connectivity index (χ1) is 13.4. The van der Waals surface area contributed by atoms with Crippen LogP contribution < -0.4 is 4.74 Å². The van der Waals surface area contributed by atoms with Crippen molar-refractivity contribution in [1.29, 1.82) is 0 Å². The SMILES string of the molecule is CCc1cc(C(=O)N(OC)[C@@H]2CN(C(=O)O)CCC[C@H]2O)cc(CC)c1OC. The maximum atomic E-state index is 13.2. The second-order valence-electron chi connectivity index (χ2n) is 6.85. The van der Waals surface area contributed by atoms with Crippen molar-refractivity contribution in [2.24, 2.45) is 0 Å². The molecule has 0 bridgehead atoms. The number of amides is 2. The fourth-order valence-electron chi connectivity index (χ4n) is 3.69. The summed E-state index contributed by atoms with van der Waals surface area (Å²) >= 11 is 0. The van der Waals surface area contributed by atoms with E-state index in [0.717, 1.165) is 21.9 Å². The van der Waals surface area contributed by atoms with Crippen LogP contribution in [0.15, 0.2) is 12.1 Å². The van der Waals surface area contributed by atoms with Crippen molar-refractivity contribution >= 4 is 12.0 Å². The number of carbonyl (C=O) groups is 2. The van der Waals surface area contributed by atoms with E-state index in [0.29, 0.717) is 37.8 Å². The first kappa shape index (κ1) is 22.0. The third-order valence-corrected chi connectivity index (χ3v) is 5.20. The number of aliphatic hydroxyl groups is 1. The van der Waals surface area contributed by atoms with Gasteiger partial charge in [-0.15, -0.1) is 0 Å². The maximum Gasteiger partial charge on any atom is 0.407 e. The molecule has 156 valence electrons. The minimum Gasteiger partial charge on any atom is -0.496 e. The molecule has 1 aromatic carbocycles. The minimum absolute atomic E-state index is 0.00644. The van der Waals surface area contributed by atoms with Gasteiger partial charge in [0.1, 0.15) is 11.8 Å². The summed E-state index contributed by atoms with van der Waals surface area (Å²) in [4.78, 5) is 31.2. The van der Waals surface area contributed by atoms with Crippen LogP contribution in [0.4, 0.5) is 4.79 Å². The zero-order valence-corrected chi connectivity index (χ0v) is 17.0. The van der Waals surface area contributed by atoms with E-state index in [4.69, 9.17) is 9.57 Å². The number of benzene rings is 1. The van der Waals surface area contributed by atoms with Gasteiger partial charge in [-0.2, -0.15) is 0 Å². The Morgan fingerprint density at radius 1 is 1.21 bits per heavy atom. The number of nitrogens with zero attached hydrogens (tertiary/aromatic N) is 2. The summed E-state index contributed by atoms with van der Waals surface area (Å²) in [5.74, 6) is 0.364. The molecule has 0 aromatic heterocycles. The second-order valence-corrected chi connectivity index (χ2v) is 6.85. The summed E-state index contributed by atoms with van der Waals surface area (Å²) in [7, 11) is 2.96. The van der Waals surface area contributed by atoms with Crippen LogP contribution in [0, 0.1) is 0 Å². The predicted octanol–water partition coefficient (Wildman–Crippen LogP) is 2.33. The van der Waals surface area contributed by atoms with Crippen molar-refractivity contribution in [1.82, 2.24) is 9.96 Å². The van der Waals surface area contributed by atoms with Crippen molar-refractivity contribution in [3.05, 3.63) is 28.8 Å². The van der Waals surface area contributed by atoms with Gasteiger partial charge in [0.15, 0.2) is 0 Å². The topological polar surface area (TPSA) is 99.5 Å². The molecule has 0 spiro atoms. The summed E-state index contributed by atoms with van der Waals surface area (Å²) in [6.45, 7) is 4.28. The van der Waals surface area contributed by atoms with E-state index in [1.54, 1.807) is 19.2 Å². The van der Waals surface area contributed by atoms with Gasteiger partial charge in [-0.05, 0) is 48.9 Å². The molecule has 2 rings (SSSR count). The molecular formula is C20H30N2O6. The molecular weight excluding hydrogens is 364 g/mol. The molecule has 0 unspecified atom stereocenters. The molecule has 0 saturated carbocycles. The van der Waals surface area contributed by atoms with E-state index >= 15 is 0 Å². The van der Waals surface area contributed by atoms with Gasteiger partial charge >= 0.3 is 6.09 Å². The van der Waals surface area contributed by atoms with Crippen LogP contribution in [-0.2, 0) is 17.7 Å². The predicted molar refractivity (Wildman–Crippen MR) is 104 cm³/mol. The molecule has 0 aliphatic carbocycles. The number of hydrogen-bond donors (Lipinski definition) is 2. The van der Waals surface area contributed by atoms with Gasteiger partial charge in [0, 0.05) is 18.7 Å². The molecule has 2 amide bonds. The Balaban J connectivity index is 2.40. The van der Waals surface area contributed by atoms with E-state index in [1.165, 1.54) is 12.0 Å². The Hall–Kier alpha value is -2.32. The highest BCUT2D eigenvalue weighted by Gasteiger charge is 2.36. The lowest BCUT2D eigenvalue weighted by Gasteiger charge is -2.33. The number of hydrogen-bond acceptors (Lipinski definition) is 5. The average molecular weight is 394 g/mol. The van der Waals surface area contributed by atoms with Crippen molar-refractivity contribution in [2.45, 2.75) is 51.7 Å². The van der Waals surface area contributed by atoms with E-state index in [1.807, 2.05) is 13.8 Å². The first-order valence-electron chi connectivity index (χ1n) is 9.61. The molecule has 8 heteroatoms. The summed E-state index contributed by atoms with van der Waals surface area (Å²) in [5, 5.41) is 21.0. The summed E-state index contributed by atoms with van der Waals surface area (Å²) in [5.41, 5.74) is 2.25. The molecule has 2 N–H and O–H groups in total. The van der Waals surface area contributed by atoms with Crippen molar-refractivity contribution in [3.8, 4) is 5.75 Å². The van der Waals surface area contributed by atoms with Crippen LogP contribution in [0.5, 0.6) is 5.75 Å². The highest BCUT2D eigenvalue weighted by Crippen LogP contribution is 2.28. The van der Waals surface area contributed by atoms with Gasteiger partial charge < -0.3 is 19.8 Å². The number of carbonyl (C=O) groups excluding carboxylic acids is 1. The number of aryl methyl sites for hydroxylation is 2. The molecule has 2 atom stereocenters. The fourth-order valence-corrected chi connectivity index (χ4v) is 3.69. The maximum absolute atomic E-state index is 13.2. The normalized spacial score (nSPS) is 19.8. The third-order valence-electron chi connectivity index (χ3n) is 5.20. The largest absolute Gasteiger partial charge is 0.496 e. The number of aliphatic hydroxyl groups excluding tert-OH is 1. The van der Waals surface area contributed by atoms with Crippen LogP contribution in [-0.4, -0.2) is 71.6 Å². The Bertz CT molecular complexity index is 683. The van der Waals surface area contributed by atoms with Crippen LogP contribution in [0.25, 0.3) is 0 Å². The van der Waals surface area contributed by atoms with Crippen molar-refractivity contribution in [2.75, 3.05) is 27.3 Å². The number of hydroxylamine groups is 2. The Morgan fingerprint density at radius 2 is 1.82 bits per heavy atom. The zero-order valence-electron chi connectivity index (χ0n) is 17.0. The third kappa shape index (κ3) is 4.56. The second kappa shape index (κ2) is 9.75. The lowest BCUT2D eigenvalue weighted by Crippen LogP contribution is -2.51. The lowest BCUT2D eigenvalue weighted by atomic mass is 9.99. The molecule has 28 heavy (non-hydrogen) atoms. The number of rotatable bonds is 6. The Morgan fingerprint density at radius 3 is 2.29 bits per heavy atom. The number of ether oxygens (including phenoxy) is 1. The monoisotopic (exact) mass is 394 g/mol. The van der Waals surface area contributed by atoms with Crippen molar-refractivity contribution in [3.63, 3.8) is 0 Å². The summed E-state index contributed by atoms with van der Waals surface area (Å²) < 4.78 is 5.50. The smallest absolute Gasteiger partial charge is 0.407 e. The zero-order chi connectivity index (χ0) is 20.8. The van der Waals surface area contributed by atoms with E-state index in [9.17, 15) is 19.8 Å². The Kier molecular flexibility index (Phi) is 7.65. The molecule has 1 saturated heterocycles. The molecule has 1 aliphatic heterocycles. The molecule has 1 fully saturated rings. The molecule has 1 aromatic rings. The molecule has 8 nitrogen and oxygen atoms in total. The van der Waals surface area contributed by atoms with Gasteiger partial charge in [-0.25, -0.2) is 9.86 Å². The van der Waals surface area contributed by atoms with Gasteiger partial charge in [0.25, 0.3) is 5.91 Å². The van der Waals surface area contributed by atoms with E-state index in [2.05, 4.69) is 0 Å². The first-order valence-corrected chi connectivity index (χ1v) is 9.61. The molecule has 1 heterocycles. The molecule has 0 radical (unpaired) electrons. The Labute approximate surface area is 165 Å².